The third-order valence-electron chi connectivity index (χ3n) is 3.65. The first-order valence-electron chi connectivity index (χ1n) is 6.74. The van der Waals surface area contributed by atoms with Gasteiger partial charge in [0.05, 0.1) is 18.8 Å². The van der Waals surface area contributed by atoms with Crippen molar-refractivity contribution in [3.8, 4) is 0 Å². The Morgan fingerprint density at radius 1 is 1.63 bits per heavy atom. The van der Waals surface area contributed by atoms with Gasteiger partial charge in [0.15, 0.2) is 0 Å². The van der Waals surface area contributed by atoms with Crippen molar-refractivity contribution in [3.63, 3.8) is 0 Å². The minimum Gasteiger partial charge on any atom is -0.383 e. The van der Waals surface area contributed by atoms with Crippen molar-refractivity contribution in [2.45, 2.75) is 25.5 Å². The second kappa shape index (κ2) is 6.81. The molecule has 19 heavy (non-hydrogen) atoms. The number of hydrazine groups is 1. The van der Waals surface area contributed by atoms with Gasteiger partial charge in [0, 0.05) is 19.3 Å². The molecule has 0 amide bonds. The Morgan fingerprint density at radius 3 is 3.16 bits per heavy atom. The minimum atomic E-state index is 0.0425. The number of anilines is 1. The summed E-state index contributed by atoms with van der Waals surface area (Å²) in [7, 11) is 0. The molecule has 6 nitrogen and oxygen atoms in total. The Morgan fingerprint density at radius 2 is 2.47 bits per heavy atom. The van der Waals surface area contributed by atoms with Crippen LogP contribution < -0.4 is 17.0 Å². The molecule has 6 heteroatoms. The first-order valence-corrected chi connectivity index (χ1v) is 6.74. The molecule has 0 aliphatic carbocycles. The molecule has 2 atom stereocenters. The number of ether oxygens (including phenoxy) is 1. The van der Waals surface area contributed by atoms with E-state index in [1.807, 2.05) is 12.1 Å². The van der Waals surface area contributed by atoms with Crippen molar-refractivity contribution in [1.82, 2.24) is 15.3 Å². The zero-order chi connectivity index (χ0) is 13.7. The normalized spacial score (nSPS) is 22.3. The monoisotopic (exact) mass is 265 g/mol. The summed E-state index contributed by atoms with van der Waals surface area (Å²) in [6.07, 6.45) is 2.50. The van der Waals surface area contributed by atoms with Crippen LogP contribution in [0.4, 0.5) is 5.82 Å². The van der Waals surface area contributed by atoms with Crippen LogP contribution in [0.5, 0.6) is 0 Å². The van der Waals surface area contributed by atoms with Gasteiger partial charge in [0.2, 0.25) is 0 Å². The standard InChI is InChI=1S/C13H23N5O/c1-2-18-6-7-19-12(9-18)11(17-15)8-10-4-3-5-16-13(10)14/h3-5,11-12,17H,2,6-9,15H2,1H3,(H2,14,16). The Balaban J connectivity index is 2.01. The van der Waals surface area contributed by atoms with Crippen molar-refractivity contribution in [2.24, 2.45) is 5.84 Å². The van der Waals surface area contributed by atoms with Gasteiger partial charge in [-0.25, -0.2) is 4.98 Å². The lowest BCUT2D eigenvalue weighted by atomic mass is 10.0. The molecule has 1 aliphatic heterocycles. The maximum absolute atomic E-state index is 5.88. The summed E-state index contributed by atoms with van der Waals surface area (Å²) in [5, 5.41) is 0. The van der Waals surface area contributed by atoms with E-state index in [1.54, 1.807) is 6.20 Å². The number of nitrogens with one attached hydrogen (secondary N) is 1. The van der Waals surface area contributed by atoms with E-state index in [2.05, 4.69) is 22.2 Å². The van der Waals surface area contributed by atoms with Crippen LogP contribution >= 0.6 is 0 Å². The van der Waals surface area contributed by atoms with Gasteiger partial charge in [-0.05, 0) is 24.6 Å². The van der Waals surface area contributed by atoms with Crippen LogP contribution in [0, 0.1) is 0 Å². The predicted molar refractivity (Wildman–Crippen MR) is 75.3 cm³/mol. The summed E-state index contributed by atoms with van der Waals surface area (Å²) >= 11 is 0. The van der Waals surface area contributed by atoms with Crippen LogP contribution in [0.25, 0.3) is 0 Å². The number of pyridine rings is 1. The van der Waals surface area contributed by atoms with E-state index in [4.69, 9.17) is 16.3 Å². The molecular weight excluding hydrogens is 242 g/mol. The fourth-order valence-corrected chi connectivity index (χ4v) is 2.42. The average Bonchev–Trinajstić information content (AvgIpc) is 2.46. The Hall–Kier alpha value is -1.21. The topological polar surface area (TPSA) is 89.4 Å². The molecule has 1 fully saturated rings. The zero-order valence-electron chi connectivity index (χ0n) is 11.4. The minimum absolute atomic E-state index is 0.0425. The summed E-state index contributed by atoms with van der Waals surface area (Å²) in [5.74, 6) is 6.24. The zero-order valence-corrected chi connectivity index (χ0v) is 11.4. The second-order valence-electron chi connectivity index (χ2n) is 4.83. The summed E-state index contributed by atoms with van der Waals surface area (Å²) in [6, 6.07) is 3.91. The van der Waals surface area contributed by atoms with E-state index in [9.17, 15) is 0 Å². The van der Waals surface area contributed by atoms with Crippen LogP contribution in [0.1, 0.15) is 12.5 Å². The lowest BCUT2D eigenvalue weighted by Crippen LogP contribution is -2.54. The summed E-state index contributed by atoms with van der Waals surface area (Å²) in [4.78, 5) is 6.47. The number of hydrogen-bond donors (Lipinski definition) is 3. The average molecular weight is 265 g/mol. The highest BCUT2D eigenvalue weighted by atomic mass is 16.5. The van der Waals surface area contributed by atoms with E-state index in [0.29, 0.717) is 5.82 Å². The molecule has 2 rings (SSSR count). The molecule has 0 spiro atoms. The summed E-state index contributed by atoms with van der Waals surface area (Å²) in [5.41, 5.74) is 9.74. The van der Waals surface area contributed by atoms with Gasteiger partial charge in [-0.1, -0.05) is 13.0 Å². The maximum atomic E-state index is 5.88. The Kier molecular flexibility index (Phi) is 5.09. The molecule has 2 heterocycles. The molecule has 1 aromatic heterocycles. The van der Waals surface area contributed by atoms with Crippen LogP contribution in [-0.2, 0) is 11.2 Å². The number of likely N-dealkylation sites (N-methyl/N-ethyl adjacent to an activating group) is 1. The van der Waals surface area contributed by atoms with Gasteiger partial charge in [0.1, 0.15) is 5.82 Å². The molecule has 1 aromatic rings. The van der Waals surface area contributed by atoms with E-state index < -0.39 is 0 Å². The molecular formula is C13H23N5O. The number of nitrogen functional groups attached to an aromatic ring is 1. The van der Waals surface area contributed by atoms with Gasteiger partial charge < -0.3 is 10.5 Å². The molecule has 1 aliphatic rings. The van der Waals surface area contributed by atoms with Crippen LogP contribution in [0.2, 0.25) is 0 Å². The van der Waals surface area contributed by atoms with Crippen LogP contribution in [-0.4, -0.2) is 48.3 Å². The van der Waals surface area contributed by atoms with Gasteiger partial charge in [0.25, 0.3) is 0 Å². The number of nitrogens with zero attached hydrogens (tertiary/aromatic N) is 2. The molecule has 2 unspecified atom stereocenters. The van der Waals surface area contributed by atoms with Crippen LogP contribution in [0.15, 0.2) is 18.3 Å². The van der Waals surface area contributed by atoms with E-state index in [1.165, 1.54) is 0 Å². The molecule has 1 saturated heterocycles. The first-order chi connectivity index (χ1) is 9.24. The Bertz CT molecular complexity index is 400. The van der Waals surface area contributed by atoms with Crippen molar-refractivity contribution < 1.29 is 4.74 Å². The van der Waals surface area contributed by atoms with Crippen molar-refractivity contribution in [2.75, 3.05) is 32.0 Å². The van der Waals surface area contributed by atoms with Crippen molar-refractivity contribution >= 4 is 5.82 Å². The lowest BCUT2D eigenvalue weighted by Gasteiger charge is -2.36. The largest absolute Gasteiger partial charge is 0.383 e. The number of hydrogen-bond acceptors (Lipinski definition) is 6. The first kappa shape index (κ1) is 14.2. The highest BCUT2D eigenvalue weighted by molar-refractivity contribution is 5.39. The number of aromatic nitrogens is 1. The molecule has 106 valence electrons. The third kappa shape index (κ3) is 3.63. The maximum Gasteiger partial charge on any atom is 0.126 e. The van der Waals surface area contributed by atoms with Gasteiger partial charge in [-0.15, -0.1) is 0 Å². The van der Waals surface area contributed by atoms with Crippen molar-refractivity contribution in [1.29, 1.82) is 0 Å². The van der Waals surface area contributed by atoms with Gasteiger partial charge in [-0.3, -0.25) is 16.2 Å². The highest BCUT2D eigenvalue weighted by Gasteiger charge is 2.27. The second-order valence-corrected chi connectivity index (χ2v) is 4.83. The van der Waals surface area contributed by atoms with Gasteiger partial charge in [-0.2, -0.15) is 0 Å². The van der Waals surface area contributed by atoms with Gasteiger partial charge >= 0.3 is 0 Å². The van der Waals surface area contributed by atoms with E-state index in [0.717, 1.165) is 38.2 Å². The molecule has 0 saturated carbocycles. The predicted octanol–water partition coefficient (Wildman–Crippen LogP) is -0.241. The lowest BCUT2D eigenvalue weighted by molar-refractivity contribution is -0.0447. The highest BCUT2D eigenvalue weighted by Crippen LogP contribution is 2.15. The molecule has 0 aromatic carbocycles. The van der Waals surface area contributed by atoms with E-state index in [-0.39, 0.29) is 12.1 Å². The fraction of sp³-hybridized carbons (Fsp3) is 0.615. The van der Waals surface area contributed by atoms with E-state index >= 15 is 0 Å². The molecule has 0 radical (unpaired) electrons. The quantitative estimate of drug-likeness (QED) is 0.503. The van der Waals surface area contributed by atoms with Crippen molar-refractivity contribution in [3.05, 3.63) is 23.9 Å². The third-order valence-corrected chi connectivity index (χ3v) is 3.65. The number of nitrogens with two attached hydrogens (primary N) is 2. The van der Waals surface area contributed by atoms with Crippen LogP contribution in [0.3, 0.4) is 0 Å². The number of rotatable bonds is 5. The molecule has 5 N–H and O–H groups in total. The summed E-state index contributed by atoms with van der Waals surface area (Å²) in [6.45, 7) is 5.82. The fourth-order valence-electron chi connectivity index (χ4n) is 2.42. The Labute approximate surface area is 114 Å². The SMILES string of the molecule is CCN1CCOC(C(Cc2cccnc2N)NN)C1. The number of morpholine rings is 1. The smallest absolute Gasteiger partial charge is 0.126 e. The molecule has 0 bridgehead atoms. The summed E-state index contributed by atoms with van der Waals surface area (Å²) < 4.78 is 5.83.